The Labute approximate surface area is 183 Å². The molecule has 0 atom stereocenters. The van der Waals surface area contributed by atoms with Gasteiger partial charge in [-0.15, -0.1) is 0 Å². The summed E-state index contributed by atoms with van der Waals surface area (Å²) < 4.78 is 24.6. The van der Waals surface area contributed by atoms with E-state index in [4.69, 9.17) is 4.74 Å². The van der Waals surface area contributed by atoms with Gasteiger partial charge in [0.15, 0.2) is 11.6 Å². The molecule has 0 fully saturated rings. The molecule has 0 amide bonds. The molecule has 2 N–H and O–H groups in total. The van der Waals surface area contributed by atoms with Crippen molar-refractivity contribution in [1.82, 2.24) is 9.97 Å². The fourth-order valence-electron chi connectivity index (χ4n) is 2.82. The number of hydrogen-bond donors (Lipinski definition) is 2. The van der Waals surface area contributed by atoms with Gasteiger partial charge in [-0.2, -0.15) is 4.98 Å². The first-order chi connectivity index (χ1) is 15.6. The first-order valence-corrected chi connectivity index (χ1v) is 9.68. The molecule has 0 saturated heterocycles. The number of para-hydroxylation sites is 1. The number of carbonyl (C=O) groups excluding carboxylic acids is 1. The van der Waals surface area contributed by atoms with Gasteiger partial charge in [0.2, 0.25) is 5.95 Å². The Bertz CT molecular complexity index is 1200. The number of rotatable bonds is 7. The van der Waals surface area contributed by atoms with Crippen LogP contribution < -0.4 is 15.4 Å². The predicted octanol–water partition coefficient (Wildman–Crippen LogP) is 5.68. The van der Waals surface area contributed by atoms with Crippen LogP contribution in [0.3, 0.4) is 0 Å². The molecule has 4 rings (SSSR count). The van der Waals surface area contributed by atoms with E-state index >= 15 is 0 Å². The molecule has 3 aromatic carbocycles. The summed E-state index contributed by atoms with van der Waals surface area (Å²) in [5.41, 5.74) is 1.66. The zero-order chi connectivity index (χ0) is 22.3. The summed E-state index contributed by atoms with van der Waals surface area (Å²) >= 11 is 0. The summed E-state index contributed by atoms with van der Waals surface area (Å²) in [5, 5.41) is 5.92. The number of ether oxygens (including phenoxy) is 2. The van der Waals surface area contributed by atoms with E-state index < -0.39 is 11.8 Å². The van der Waals surface area contributed by atoms with E-state index in [2.05, 4.69) is 25.3 Å². The minimum atomic E-state index is -0.612. The Kier molecular flexibility index (Phi) is 6.22. The number of nitrogens with one attached hydrogen (secondary N) is 2. The number of benzene rings is 3. The summed E-state index contributed by atoms with van der Waals surface area (Å²) in [5.74, 6) is 0.578. The van der Waals surface area contributed by atoms with E-state index in [1.54, 1.807) is 36.4 Å². The molecular formula is C24H19FN4O3. The molecule has 0 bridgehead atoms. The van der Waals surface area contributed by atoms with Crippen LogP contribution in [0.2, 0.25) is 0 Å². The fourth-order valence-corrected chi connectivity index (χ4v) is 2.82. The lowest BCUT2D eigenvalue weighted by molar-refractivity contribution is 0.0601. The monoisotopic (exact) mass is 430 g/mol. The van der Waals surface area contributed by atoms with E-state index in [0.29, 0.717) is 22.7 Å². The molecule has 0 radical (unpaired) electrons. The summed E-state index contributed by atoms with van der Waals surface area (Å²) in [6.45, 7) is 0. The van der Waals surface area contributed by atoms with Crippen LogP contribution in [-0.2, 0) is 4.74 Å². The molecule has 0 saturated carbocycles. The molecule has 0 aliphatic carbocycles. The van der Waals surface area contributed by atoms with Crippen molar-refractivity contribution in [3.63, 3.8) is 0 Å². The van der Waals surface area contributed by atoms with Crippen molar-refractivity contribution < 1.29 is 18.7 Å². The maximum Gasteiger partial charge on any atom is 0.337 e. The molecular weight excluding hydrogens is 411 g/mol. The number of carbonyl (C=O) groups is 1. The maximum atomic E-state index is 14.2. The van der Waals surface area contributed by atoms with Gasteiger partial charge in [-0.1, -0.05) is 18.2 Å². The van der Waals surface area contributed by atoms with Crippen LogP contribution in [0.25, 0.3) is 0 Å². The first kappa shape index (κ1) is 20.8. The zero-order valence-corrected chi connectivity index (χ0v) is 17.1. The van der Waals surface area contributed by atoms with Gasteiger partial charge in [0, 0.05) is 11.4 Å². The van der Waals surface area contributed by atoms with Gasteiger partial charge in [-0.05, 0) is 60.7 Å². The second kappa shape index (κ2) is 9.57. The zero-order valence-electron chi connectivity index (χ0n) is 17.1. The SMILES string of the molecule is COC(=O)c1ccc(Nc2nc(Nc3ccc(Oc4ccccc4)cc3)ncc2F)cc1. The maximum absolute atomic E-state index is 14.2. The Balaban J connectivity index is 1.44. The number of anilines is 4. The largest absolute Gasteiger partial charge is 0.465 e. The van der Waals surface area contributed by atoms with Crippen LogP contribution in [0.1, 0.15) is 10.4 Å². The third-order valence-electron chi connectivity index (χ3n) is 4.40. The summed E-state index contributed by atoms with van der Waals surface area (Å²) in [6.07, 6.45) is 1.08. The highest BCUT2D eigenvalue weighted by atomic mass is 19.1. The molecule has 4 aromatic rings. The van der Waals surface area contributed by atoms with E-state index in [-0.39, 0.29) is 11.8 Å². The van der Waals surface area contributed by atoms with E-state index in [1.807, 2.05) is 42.5 Å². The molecule has 0 spiro atoms. The van der Waals surface area contributed by atoms with Crippen LogP contribution in [0.4, 0.5) is 27.5 Å². The summed E-state index contributed by atoms with van der Waals surface area (Å²) in [6, 6.07) is 23.1. The number of aromatic nitrogens is 2. The van der Waals surface area contributed by atoms with Gasteiger partial charge < -0.3 is 20.1 Å². The number of nitrogens with zero attached hydrogens (tertiary/aromatic N) is 2. The van der Waals surface area contributed by atoms with Gasteiger partial charge in [0.05, 0.1) is 18.9 Å². The molecule has 0 aliphatic heterocycles. The van der Waals surface area contributed by atoms with Crippen LogP contribution in [0.15, 0.2) is 85.1 Å². The van der Waals surface area contributed by atoms with Crippen molar-refractivity contribution in [2.24, 2.45) is 0 Å². The Morgan fingerprint density at radius 2 is 1.47 bits per heavy atom. The normalized spacial score (nSPS) is 10.3. The van der Waals surface area contributed by atoms with E-state index in [0.717, 1.165) is 11.9 Å². The second-order valence-electron chi connectivity index (χ2n) is 6.65. The van der Waals surface area contributed by atoms with Crippen LogP contribution >= 0.6 is 0 Å². The minimum Gasteiger partial charge on any atom is -0.465 e. The number of esters is 1. The van der Waals surface area contributed by atoms with E-state index in [9.17, 15) is 9.18 Å². The average Bonchev–Trinajstić information content (AvgIpc) is 2.83. The van der Waals surface area contributed by atoms with Crippen LogP contribution in [0.5, 0.6) is 11.5 Å². The van der Waals surface area contributed by atoms with Crippen LogP contribution in [0, 0.1) is 5.82 Å². The van der Waals surface area contributed by atoms with Crippen molar-refractivity contribution >= 4 is 29.1 Å². The molecule has 1 heterocycles. The molecule has 0 unspecified atom stereocenters. The molecule has 7 nitrogen and oxygen atoms in total. The molecule has 160 valence electrons. The number of methoxy groups -OCH3 is 1. The minimum absolute atomic E-state index is 0.00245. The summed E-state index contributed by atoms with van der Waals surface area (Å²) in [7, 11) is 1.31. The predicted molar refractivity (Wildman–Crippen MR) is 119 cm³/mol. The van der Waals surface area contributed by atoms with Gasteiger partial charge >= 0.3 is 5.97 Å². The topological polar surface area (TPSA) is 85.4 Å². The standard InChI is InChI=1S/C24H19FN4O3/c1-31-23(30)16-7-9-17(10-8-16)27-22-21(25)15-26-24(29-22)28-18-11-13-20(14-12-18)32-19-5-3-2-4-6-19/h2-15H,1H3,(H2,26,27,28,29). The first-order valence-electron chi connectivity index (χ1n) is 9.68. The van der Waals surface area contributed by atoms with Crippen molar-refractivity contribution in [2.75, 3.05) is 17.7 Å². The highest BCUT2D eigenvalue weighted by Gasteiger charge is 2.10. The van der Waals surface area contributed by atoms with Crippen LogP contribution in [-0.4, -0.2) is 23.0 Å². The molecule has 0 aliphatic rings. The van der Waals surface area contributed by atoms with Crippen molar-refractivity contribution in [3.8, 4) is 11.5 Å². The third-order valence-corrected chi connectivity index (χ3v) is 4.40. The smallest absolute Gasteiger partial charge is 0.337 e. The lowest BCUT2D eigenvalue weighted by atomic mass is 10.2. The highest BCUT2D eigenvalue weighted by Crippen LogP contribution is 2.25. The quantitative estimate of drug-likeness (QED) is 0.365. The van der Waals surface area contributed by atoms with Crippen molar-refractivity contribution in [1.29, 1.82) is 0 Å². The van der Waals surface area contributed by atoms with Crippen molar-refractivity contribution in [3.05, 3.63) is 96.4 Å². The van der Waals surface area contributed by atoms with E-state index in [1.165, 1.54) is 7.11 Å². The Morgan fingerprint density at radius 1 is 0.844 bits per heavy atom. The highest BCUT2D eigenvalue weighted by molar-refractivity contribution is 5.89. The van der Waals surface area contributed by atoms with Gasteiger partial charge in [0.25, 0.3) is 0 Å². The molecule has 8 heteroatoms. The number of hydrogen-bond acceptors (Lipinski definition) is 7. The lowest BCUT2D eigenvalue weighted by Gasteiger charge is -2.10. The fraction of sp³-hybridized carbons (Fsp3) is 0.0417. The lowest BCUT2D eigenvalue weighted by Crippen LogP contribution is -2.04. The summed E-state index contributed by atoms with van der Waals surface area (Å²) in [4.78, 5) is 19.7. The Hall–Kier alpha value is -4.46. The third kappa shape index (κ3) is 5.17. The second-order valence-corrected chi connectivity index (χ2v) is 6.65. The van der Waals surface area contributed by atoms with Gasteiger partial charge in [0.1, 0.15) is 11.5 Å². The number of halogens is 1. The Morgan fingerprint density at radius 3 is 2.16 bits per heavy atom. The van der Waals surface area contributed by atoms with Crippen molar-refractivity contribution in [2.45, 2.75) is 0 Å². The molecule has 1 aromatic heterocycles. The molecule has 32 heavy (non-hydrogen) atoms. The van der Waals surface area contributed by atoms with Gasteiger partial charge in [-0.25, -0.2) is 14.2 Å². The van der Waals surface area contributed by atoms with Gasteiger partial charge in [-0.3, -0.25) is 0 Å². The average molecular weight is 430 g/mol.